The average Bonchev–Trinajstić information content (AvgIpc) is 2.72. The van der Waals surface area contributed by atoms with Gasteiger partial charge in [-0.05, 0) is 13.3 Å². The van der Waals surface area contributed by atoms with Gasteiger partial charge in [-0.3, -0.25) is 5.10 Å². The average molecular weight is 307 g/mol. The van der Waals surface area contributed by atoms with Gasteiger partial charge in [0.25, 0.3) is 0 Å². The molecule has 0 aromatic carbocycles. The summed E-state index contributed by atoms with van der Waals surface area (Å²) in [5.74, 6) is -1.44. The van der Waals surface area contributed by atoms with E-state index in [4.69, 9.17) is 9.84 Å². The predicted octanol–water partition coefficient (Wildman–Crippen LogP) is -0.908. The summed E-state index contributed by atoms with van der Waals surface area (Å²) in [6.45, 7) is 1.46. The van der Waals surface area contributed by atoms with Gasteiger partial charge in [-0.2, -0.15) is 5.10 Å². The van der Waals surface area contributed by atoms with Gasteiger partial charge in [0.05, 0.1) is 18.4 Å². The highest BCUT2D eigenvalue weighted by molar-refractivity contribution is 7.89. The van der Waals surface area contributed by atoms with Crippen LogP contribution < -0.4 is 4.72 Å². The quantitative estimate of drug-likeness (QED) is 0.487. The van der Waals surface area contributed by atoms with Crippen LogP contribution >= 0.6 is 0 Å². The molecule has 0 amide bonds. The molecule has 1 rings (SSSR count). The third-order valence-electron chi connectivity index (χ3n) is 2.49. The molecule has 0 saturated carbocycles. The minimum absolute atomic E-state index is 0.0451. The number of hydrogen-bond acceptors (Lipinski definition) is 6. The highest BCUT2D eigenvalue weighted by Gasteiger charge is 2.27. The number of aromatic nitrogens is 2. The van der Waals surface area contributed by atoms with Crippen LogP contribution in [0, 0.1) is 6.92 Å². The van der Waals surface area contributed by atoms with Gasteiger partial charge in [-0.1, -0.05) is 0 Å². The van der Waals surface area contributed by atoms with Crippen LogP contribution in [0.15, 0.2) is 4.90 Å². The number of nitrogens with zero attached hydrogens (tertiary/aromatic N) is 1. The van der Waals surface area contributed by atoms with Gasteiger partial charge in [0, 0.05) is 13.7 Å². The maximum atomic E-state index is 12.0. The number of methoxy groups -OCH3 is 1. The lowest BCUT2D eigenvalue weighted by atomic mass is 10.3. The van der Waals surface area contributed by atoms with Crippen LogP contribution in [-0.4, -0.2) is 61.2 Å². The molecule has 1 atom stereocenters. The van der Waals surface area contributed by atoms with E-state index in [1.165, 1.54) is 14.0 Å². The molecule has 0 fully saturated rings. The largest absolute Gasteiger partial charge is 0.476 e. The highest BCUT2D eigenvalue weighted by atomic mass is 32.2. The number of aliphatic hydroxyl groups excluding tert-OH is 1. The third-order valence-corrected chi connectivity index (χ3v) is 4.11. The summed E-state index contributed by atoms with van der Waals surface area (Å²) in [4.78, 5) is 10.5. The van der Waals surface area contributed by atoms with E-state index in [0.717, 1.165) is 0 Å². The third kappa shape index (κ3) is 4.00. The van der Waals surface area contributed by atoms with E-state index in [0.29, 0.717) is 0 Å². The molecule has 0 aliphatic rings. The minimum atomic E-state index is -4.01. The van der Waals surface area contributed by atoms with Crippen molar-refractivity contribution in [2.75, 3.05) is 20.3 Å². The Morgan fingerprint density at radius 2 is 2.20 bits per heavy atom. The lowest BCUT2D eigenvalue weighted by Gasteiger charge is -2.10. The topological polar surface area (TPSA) is 142 Å². The van der Waals surface area contributed by atoms with Crippen molar-refractivity contribution in [2.45, 2.75) is 24.3 Å². The molecule has 4 N–H and O–H groups in total. The Morgan fingerprint density at radius 3 is 2.75 bits per heavy atom. The molecule has 0 aliphatic heterocycles. The Kier molecular flexibility index (Phi) is 5.62. The van der Waals surface area contributed by atoms with E-state index in [2.05, 4.69) is 14.9 Å². The number of ether oxygens (including phenoxy) is 1. The Labute approximate surface area is 116 Å². The zero-order valence-corrected chi connectivity index (χ0v) is 11.9. The summed E-state index contributed by atoms with van der Waals surface area (Å²) in [7, 11) is -2.59. The minimum Gasteiger partial charge on any atom is -0.476 e. The molecule has 0 spiro atoms. The monoisotopic (exact) mass is 307 g/mol. The van der Waals surface area contributed by atoms with Crippen LogP contribution in [0.3, 0.4) is 0 Å². The molecule has 1 unspecified atom stereocenters. The van der Waals surface area contributed by atoms with E-state index < -0.39 is 32.7 Å². The van der Waals surface area contributed by atoms with Crippen molar-refractivity contribution >= 4 is 16.0 Å². The van der Waals surface area contributed by atoms with E-state index in [1.54, 1.807) is 0 Å². The Morgan fingerprint density at radius 1 is 1.55 bits per heavy atom. The van der Waals surface area contributed by atoms with E-state index in [9.17, 15) is 18.3 Å². The first kappa shape index (κ1) is 16.6. The second kappa shape index (κ2) is 6.79. The summed E-state index contributed by atoms with van der Waals surface area (Å²) < 4.78 is 31.0. The van der Waals surface area contributed by atoms with Crippen molar-refractivity contribution in [3.8, 4) is 0 Å². The van der Waals surface area contributed by atoms with Gasteiger partial charge in [-0.25, -0.2) is 17.9 Å². The number of carboxylic acid groups (broad SMARTS) is 1. The maximum Gasteiger partial charge on any atom is 0.357 e. The molecule has 9 nitrogen and oxygen atoms in total. The number of nitrogens with one attached hydrogen (secondary N) is 2. The second-order valence-corrected chi connectivity index (χ2v) is 5.83. The smallest absolute Gasteiger partial charge is 0.357 e. The van der Waals surface area contributed by atoms with Crippen molar-refractivity contribution in [3.63, 3.8) is 0 Å². The molecule has 1 heterocycles. The summed E-state index contributed by atoms with van der Waals surface area (Å²) in [5, 5.41) is 24.1. The first-order valence-electron chi connectivity index (χ1n) is 5.74. The molecule has 0 radical (unpaired) electrons. The molecule has 0 saturated heterocycles. The van der Waals surface area contributed by atoms with E-state index in [-0.39, 0.29) is 25.3 Å². The van der Waals surface area contributed by atoms with Gasteiger partial charge in [-0.15, -0.1) is 0 Å². The Hall–Kier alpha value is -1.49. The molecular formula is C10H17N3O6S. The molecule has 1 aromatic rings. The number of aromatic carboxylic acids is 1. The van der Waals surface area contributed by atoms with Crippen LogP contribution in [0.5, 0.6) is 0 Å². The van der Waals surface area contributed by atoms with Gasteiger partial charge < -0.3 is 14.9 Å². The number of aliphatic hydroxyl groups is 1. The molecular weight excluding hydrogens is 290 g/mol. The van der Waals surface area contributed by atoms with Crippen LogP contribution in [0.4, 0.5) is 0 Å². The lowest BCUT2D eigenvalue weighted by molar-refractivity contribution is 0.0603. The zero-order chi connectivity index (χ0) is 15.3. The summed E-state index contributed by atoms with van der Waals surface area (Å²) in [6.07, 6.45) is -0.654. The predicted molar refractivity (Wildman–Crippen MR) is 68.0 cm³/mol. The number of carboxylic acids is 1. The van der Waals surface area contributed by atoms with Crippen LogP contribution in [0.2, 0.25) is 0 Å². The lowest BCUT2D eigenvalue weighted by Crippen LogP contribution is -2.29. The normalized spacial score (nSPS) is 13.3. The van der Waals surface area contributed by atoms with Crippen molar-refractivity contribution in [1.82, 2.24) is 14.9 Å². The number of aromatic amines is 1. The van der Waals surface area contributed by atoms with E-state index in [1.807, 2.05) is 0 Å². The zero-order valence-electron chi connectivity index (χ0n) is 11.1. The number of hydrogen-bond donors (Lipinski definition) is 4. The number of rotatable bonds is 8. The summed E-state index contributed by atoms with van der Waals surface area (Å²) in [5.41, 5.74) is -0.431. The molecule has 0 aliphatic carbocycles. The molecule has 1 aromatic heterocycles. The van der Waals surface area contributed by atoms with Gasteiger partial charge in [0.2, 0.25) is 10.0 Å². The first-order valence-corrected chi connectivity index (χ1v) is 7.22. The van der Waals surface area contributed by atoms with Crippen molar-refractivity contribution in [3.05, 3.63) is 11.4 Å². The number of aryl methyl sites for hydroxylation is 1. The fourth-order valence-corrected chi connectivity index (χ4v) is 2.97. The van der Waals surface area contributed by atoms with Gasteiger partial charge in [0.15, 0.2) is 5.69 Å². The number of sulfonamides is 1. The molecule has 114 valence electrons. The SMILES string of the molecule is COCC(O)CCNS(=O)(=O)c1c(C(=O)O)n[nH]c1C. The summed E-state index contributed by atoms with van der Waals surface area (Å²) >= 11 is 0. The number of H-pyrrole nitrogens is 1. The van der Waals surface area contributed by atoms with Crippen molar-refractivity contribution < 1.29 is 28.2 Å². The maximum absolute atomic E-state index is 12.0. The molecule has 0 bridgehead atoms. The second-order valence-electron chi connectivity index (χ2n) is 4.13. The van der Waals surface area contributed by atoms with Crippen molar-refractivity contribution in [2.24, 2.45) is 0 Å². The first-order chi connectivity index (χ1) is 9.29. The number of carbonyl (C=O) groups is 1. The Balaban J connectivity index is 2.80. The standard InChI is InChI=1S/C10H17N3O6S/c1-6-9(8(10(15)16)13-12-6)20(17,18)11-4-3-7(14)5-19-2/h7,11,14H,3-5H2,1-2H3,(H,12,13)(H,15,16). The molecule has 10 heteroatoms. The Bertz CT molecular complexity index is 568. The molecule has 20 heavy (non-hydrogen) atoms. The summed E-state index contributed by atoms with van der Waals surface area (Å²) in [6, 6.07) is 0. The van der Waals surface area contributed by atoms with Crippen LogP contribution in [0.25, 0.3) is 0 Å². The highest BCUT2D eigenvalue weighted by Crippen LogP contribution is 2.17. The van der Waals surface area contributed by atoms with Crippen LogP contribution in [0.1, 0.15) is 22.6 Å². The van der Waals surface area contributed by atoms with Crippen molar-refractivity contribution in [1.29, 1.82) is 0 Å². The fraction of sp³-hybridized carbons (Fsp3) is 0.600. The van der Waals surface area contributed by atoms with E-state index >= 15 is 0 Å². The van der Waals surface area contributed by atoms with Crippen LogP contribution in [-0.2, 0) is 14.8 Å². The fourth-order valence-electron chi connectivity index (χ4n) is 1.60. The van der Waals surface area contributed by atoms with Gasteiger partial charge >= 0.3 is 5.97 Å². The van der Waals surface area contributed by atoms with Gasteiger partial charge in [0.1, 0.15) is 4.90 Å².